The molecule has 3 nitrogen and oxygen atoms in total. The van der Waals surface area contributed by atoms with Gasteiger partial charge in [0.05, 0.1) is 0 Å². The van der Waals surface area contributed by atoms with Crippen LogP contribution < -0.4 is 5.32 Å². The van der Waals surface area contributed by atoms with Crippen LogP contribution in [-0.4, -0.2) is 29.9 Å². The first kappa shape index (κ1) is 12.5. The Morgan fingerprint density at radius 1 is 1.47 bits per heavy atom. The maximum Gasteiger partial charge on any atom is 0.321 e. The molecule has 1 aliphatic rings. The first-order valence-electron chi connectivity index (χ1n) is 5.85. The molecule has 0 amide bonds. The van der Waals surface area contributed by atoms with Gasteiger partial charge in [-0.2, -0.15) is 0 Å². The second-order valence-corrected chi connectivity index (χ2v) is 5.37. The predicted octanol–water partition coefficient (Wildman–Crippen LogP) is 1.94. The molecule has 1 aliphatic carbocycles. The SMILES string of the molecule is CNC(CSc1ccc2c(c1)CCC2)C(=O)O. The minimum absolute atomic E-state index is 0.478. The van der Waals surface area contributed by atoms with Crippen molar-refractivity contribution in [3.8, 4) is 0 Å². The number of hydrogen-bond donors (Lipinski definition) is 2. The Balaban J connectivity index is 1.97. The Hall–Kier alpha value is -1.00. The fourth-order valence-corrected chi connectivity index (χ4v) is 3.15. The number of aliphatic carboxylic acids is 1. The molecule has 0 aromatic heterocycles. The van der Waals surface area contributed by atoms with E-state index in [0.29, 0.717) is 5.75 Å². The molecule has 0 saturated heterocycles. The highest BCUT2D eigenvalue weighted by atomic mass is 32.2. The fourth-order valence-electron chi connectivity index (χ4n) is 2.10. The van der Waals surface area contributed by atoms with Crippen LogP contribution in [0.1, 0.15) is 17.5 Å². The Labute approximate surface area is 106 Å². The van der Waals surface area contributed by atoms with Crippen LogP contribution in [0.15, 0.2) is 23.1 Å². The van der Waals surface area contributed by atoms with E-state index in [2.05, 4.69) is 23.5 Å². The van der Waals surface area contributed by atoms with Gasteiger partial charge in [-0.1, -0.05) is 6.07 Å². The van der Waals surface area contributed by atoms with Crippen LogP contribution in [0.25, 0.3) is 0 Å². The van der Waals surface area contributed by atoms with Gasteiger partial charge in [-0.3, -0.25) is 4.79 Å². The molecule has 2 rings (SSSR count). The summed E-state index contributed by atoms with van der Waals surface area (Å²) < 4.78 is 0. The van der Waals surface area contributed by atoms with Crippen molar-refractivity contribution in [2.24, 2.45) is 0 Å². The van der Waals surface area contributed by atoms with Gasteiger partial charge >= 0.3 is 5.97 Å². The second-order valence-electron chi connectivity index (χ2n) is 4.27. The molecule has 0 bridgehead atoms. The number of aryl methyl sites for hydroxylation is 2. The van der Waals surface area contributed by atoms with Gasteiger partial charge in [0.15, 0.2) is 0 Å². The quantitative estimate of drug-likeness (QED) is 0.785. The van der Waals surface area contributed by atoms with Crippen LogP contribution in [0.3, 0.4) is 0 Å². The maximum absolute atomic E-state index is 10.9. The molecule has 4 heteroatoms. The van der Waals surface area contributed by atoms with Gasteiger partial charge < -0.3 is 10.4 Å². The zero-order valence-corrected chi connectivity index (χ0v) is 10.7. The van der Waals surface area contributed by atoms with E-state index in [1.165, 1.54) is 28.9 Å². The maximum atomic E-state index is 10.9. The lowest BCUT2D eigenvalue weighted by Gasteiger charge is -2.11. The topological polar surface area (TPSA) is 49.3 Å². The number of carboxylic acid groups (broad SMARTS) is 1. The smallest absolute Gasteiger partial charge is 0.321 e. The van der Waals surface area contributed by atoms with E-state index in [1.54, 1.807) is 18.8 Å². The highest BCUT2D eigenvalue weighted by Crippen LogP contribution is 2.27. The van der Waals surface area contributed by atoms with Gasteiger partial charge in [0.1, 0.15) is 6.04 Å². The van der Waals surface area contributed by atoms with E-state index in [1.807, 2.05) is 0 Å². The minimum atomic E-state index is -0.791. The van der Waals surface area contributed by atoms with Crippen molar-refractivity contribution in [1.82, 2.24) is 5.32 Å². The van der Waals surface area contributed by atoms with Crippen molar-refractivity contribution >= 4 is 17.7 Å². The molecule has 0 heterocycles. The molecule has 2 N–H and O–H groups in total. The summed E-state index contributed by atoms with van der Waals surface area (Å²) in [6.45, 7) is 0. The summed E-state index contributed by atoms with van der Waals surface area (Å²) in [5.41, 5.74) is 2.89. The number of carboxylic acids is 1. The summed E-state index contributed by atoms with van der Waals surface area (Å²) in [6, 6.07) is 6.01. The van der Waals surface area contributed by atoms with E-state index in [0.717, 1.165) is 6.42 Å². The van der Waals surface area contributed by atoms with E-state index in [9.17, 15) is 4.79 Å². The number of likely N-dealkylation sites (N-methyl/N-ethyl adjacent to an activating group) is 1. The van der Waals surface area contributed by atoms with Gasteiger partial charge in [0.2, 0.25) is 0 Å². The molecule has 1 atom stereocenters. The van der Waals surface area contributed by atoms with Gasteiger partial charge in [-0.15, -0.1) is 11.8 Å². The second kappa shape index (κ2) is 5.56. The van der Waals surface area contributed by atoms with E-state index in [-0.39, 0.29) is 0 Å². The zero-order chi connectivity index (χ0) is 12.3. The van der Waals surface area contributed by atoms with Crippen molar-refractivity contribution in [2.45, 2.75) is 30.2 Å². The Morgan fingerprint density at radius 2 is 2.24 bits per heavy atom. The molecule has 0 fully saturated rings. The van der Waals surface area contributed by atoms with Crippen molar-refractivity contribution < 1.29 is 9.90 Å². The first-order chi connectivity index (χ1) is 8.20. The largest absolute Gasteiger partial charge is 0.480 e. The molecule has 1 unspecified atom stereocenters. The molecule has 92 valence electrons. The van der Waals surface area contributed by atoms with Gasteiger partial charge in [0.25, 0.3) is 0 Å². The van der Waals surface area contributed by atoms with Crippen LogP contribution in [-0.2, 0) is 17.6 Å². The molecule has 0 aliphatic heterocycles. The molecule has 1 aromatic carbocycles. The van der Waals surface area contributed by atoms with Crippen LogP contribution >= 0.6 is 11.8 Å². The summed E-state index contributed by atoms with van der Waals surface area (Å²) in [6.07, 6.45) is 3.60. The number of fused-ring (bicyclic) bond motifs is 1. The summed E-state index contributed by atoms with van der Waals surface area (Å²) in [4.78, 5) is 12.0. The number of carbonyl (C=O) groups is 1. The predicted molar refractivity (Wildman–Crippen MR) is 69.7 cm³/mol. The van der Waals surface area contributed by atoms with Crippen molar-refractivity contribution in [3.05, 3.63) is 29.3 Å². The van der Waals surface area contributed by atoms with E-state index >= 15 is 0 Å². The van der Waals surface area contributed by atoms with Gasteiger partial charge in [-0.25, -0.2) is 0 Å². The minimum Gasteiger partial charge on any atom is -0.480 e. The third-order valence-electron chi connectivity index (χ3n) is 3.13. The zero-order valence-electron chi connectivity index (χ0n) is 9.90. The third-order valence-corrected chi connectivity index (χ3v) is 4.22. The Bertz CT molecular complexity index is 420. The summed E-state index contributed by atoms with van der Waals surface area (Å²) in [5.74, 6) is -0.230. The van der Waals surface area contributed by atoms with E-state index in [4.69, 9.17) is 5.11 Å². The van der Waals surface area contributed by atoms with Crippen LogP contribution in [0.2, 0.25) is 0 Å². The summed E-state index contributed by atoms with van der Waals surface area (Å²) in [5, 5.41) is 11.7. The Kier molecular flexibility index (Phi) is 4.07. The summed E-state index contributed by atoms with van der Waals surface area (Å²) in [7, 11) is 1.68. The molecule has 0 radical (unpaired) electrons. The van der Waals surface area contributed by atoms with Gasteiger partial charge in [-0.05, 0) is 49.6 Å². The highest BCUT2D eigenvalue weighted by Gasteiger charge is 2.16. The fraction of sp³-hybridized carbons (Fsp3) is 0.462. The lowest BCUT2D eigenvalue weighted by Crippen LogP contribution is -2.35. The first-order valence-corrected chi connectivity index (χ1v) is 6.84. The average Bonchev–Trinajstić information content (AvgIpc) is 2.76. The van der Waals surface area contributed by atoms with Crippen molar-refractivity contribution in [1.29, 1.82) is 0 Å². The molecule has 0 spiro atoms. The lowest BCUT2D eigenvalue weighted by atomic mass is 10.1. The molecule has 1 aromatic rings. The molecule has 17 heavy (non-hydrogen) atoms. The normalized spacial score (nSPS) is 15.6. The summed E-state index contributed by atoms with van der Waals surface area (Å²) >= 11 is 1.60. The average molecular weight is 251 g/mol. The monoisotopic (exact) mass is 251 g/mol. The van der Waals surface area contributed by atoms with Gasteiger partial charge in [0, 0.05) is 10.6 Å². The molecular formula is C13H17NO2S. The lowest BCUT2D eigenvalue weighted by molar-refractivity contribution is -0.138. The number of rotatable bonds is 5. The number of nitrogens with one attached hydrogen (secondary N) is 1. The van der Waals surface area contributed by atoms with Crippen LogP contribution in [0.5, 0.6) is 0 Å². The highest BCUT2D eigenvalue weighted by molar-refractivity contribution is 7.99. The van der Waals surface area contributed by atoms with Crippen LogP contribution in [0.4, 0.5) is 0 Å². The van der Waals surface area contributed by atoms with E-state index < -0.39 is 12.0 Å². The molecular weight excluding hydrogens is 234 g/mol. The number of thioether (sulfide) groups is 1. The standard InChI is InChI=1S/C13H17NO2S/c1-14-12(13(15)16)8-17-11-6-5-9-3-2-4-10(9)7-11/h5-7,12,14H,2-4,8H2,1H3,(H,15,16). The van der Waals surface area contributed by atoms with Crippen molar-refractivity contribution in [3.63, 3.8) is 0 Å². The van der Waals surface area contributed by atoms with Crippen LogP contribution in [0, 0.1) is 0 Å². The Morgan fingerprint density at radius 3 is 2.94 bits per heavy atom. The third kappa shape index (κ3) is 3.01. The van der Waals surface area contributed by atoms with Crippen molar-refractivity contribution in [2.75, 3.05) is 12.8 Å². The number of benzene rings is 1. The molecule has 0 saturated carbocycles. The number of hydrogen-bond acceptors (Lipinski definition) is 3.